The summed E-state index contributed by atoms with van der Waals surface area (Å²) in [5.74, 6) is -0.0965. The zero-order chi connectivity index (χ0) is 14.0. The number of nitrogen functional groups attached to an aromatic ring is 1. The summed E-state index contributed by atoms with van der Waals surface area (Å²) in [5.41, 5.74) is 9.81. The molecule has 2 aromatic rings. The maximum absolute atomic E-state index is 12.1. The van der Waals surface area contributed by atoms with Crippen LogP contribution in [-0.2, 0) is 13.6 Å². The summed E-state index contributed by atoms with van der Waals surface area (Å²) < 4.78 is 1.74. The standard InChI is InChI=1S/C14H18N4O/c1-9-6-12(15)4-5-13(9)14(19)16-7-11-8-18(3)17-10(11)2/h4-6,8H,7,15H2,1-3H3,(H,16,19). The summed E-state index contributed by atoms with van der Waals surface area (Å²) in [7, 11) is 1.86. The van der Waals surface area contributed by atoms with E-state index >= 15 is 0 Å². The lowest BCUT2D eigenvalue weighted by Gasteiger charge is -2.07. The molecule has 0 saturated carbocycles. The van der Waals surface area contributed by atoms with Crippen LogP contribution in [0.2, 0.25) is 0 Å². The molecule has 0 fully saturated rings. The zero-order valence-electron chi connectivity index (χ0n) is 11.4. The minimum absolute atomic E-state index is 0.0965. The third-order valence-corrected chi connectivity index (χ3v) is 3.05. The van der Waals surface area contributed by atoms with Crippen LogP contribution in [0.15, 0.2) is 24.4 Å². The van der Waals surface area contributed by atoms with E-state index in [9.17, 15) is 4.79 Å². The second-order valence-corrected chi connectivity index (χ2v) is 4.67. The molecular weight excluding hydrogens is 240 g/mol. The number of hydrogen-bond donors (Lipinski definition) is 2. The second-order valence-electron chi connectivity index (χ2n) is 4.67. The highest BCUT2D eigenvalue weighted by Crippen LogP contribution is 2.12. The quantitative estimate of drug-likeness (QED) is 0.820. The van der Waals surface area contributed by atoms with Gasteiger partial charge in [-0.05, 0) is 37.6 Å². The molecule has 2 rings (SSSR count). The van der Waals surface area contributed by atoms with Crippen molar-refractivity contribution in [2.24, 2.45) is 7.05 Å². The smallest absolute Gasteiger partial charge is 0.251 e. The van der Waals surface area contributed by atoms with Crippen molar-refractivity contribution in [3.63, 3.8) is 0 Å². The molecule has 1 aromatic heterocycles. The van der Waals surface area contributed by atoms with Gasteiger partial charge >= 0.3 is 0 Å². The molecule has 1 heterocycles. The Bertz CT molecular complexity index is 616. The Hall–Kier alpha value is -2.30. The van der Waals surface area contributed by atoms with Gasteiger partial charge in [-0.25, -0.2) is 0 Å². The maximum atomic E-state index is 12.1. The normalized spacial score (nSPS) is 10.5. The Kier molecular flexibility index (Phi) is 3.55. The Morgan fingerprint density at radius 2 is 2.16 bits per heavy atom. The SMILES string of the molecule is Cc1cc(N)ccc1C(=O)NCc1cn(C)nc1C. The molecule has 5 nitrogen and oxygen atoms in total. The number of hydrogen-bond acceptors (Lipinski definition) is 3. The van der Waals surface area contributed by atoms with Gasteiger partial charge in [-0.15, -0.1) is 0 Å². The number of carbonyl (C=O) groups excluding carboxylic acids is 1. The average molecular weight is 258 g/mol. The minimum Gasteiger partial charge on any atom is -0.399 e. The van der Waals surface area contributed by atoms with Crippen LogP contribution in [0.25, 0.3) is 0 Å². The van der Waals surface area contributed by atoms with Gasteiger partial charge in [0.25, 0.3) is 5.91 Å². The molecule has 0 aliphatic heterocycles. The number of amides is 1. The molecule has 100 valence electrons. The van der Waals surface area contributed by atoms with E-state index in [4.69, 9.17) is 5.73 Å². The van der Waals surface area contributed by atoms with E-state index in [2.05, 4.69) is 10.4 Å². The third kappa shape index (κ3) is 2.93. The van der Waals surface area contributed by atoms with Gasteiger partial charge in [0.1, 0.15) is 0 Å². The number of nitrogens with two attached hydrogens (primary N) is 1. The van der Waals surface area contributed by atoms with E-state index in [0.29, 0.717) is 17.8 Å². The molecule has 5 heteroatoms. The summed E-state index contributed by atoms with van der Waals surface area (Å²) in [6, 6.07) is 5.28. The zero-order valence-corrected chi connectivity index (χ0v) is 11.4. The fraction of sp³-hybridized carbons (Fsp3) is 0.286. The molecule has 3 N–H and O–H groups in total. The first-order valence-corrected chi connectivity index (χ1v) is 6.11. The molecule has 0 aliphatic rings. The number of aromatic nitrogens is 2. The van der Waals surface area contributed by atoms with E-state index in [-0.39, 0.29) is 5.91 Å². The van der Waals surface area contributed by atoms with Crippen LogP contribution < -0.4 is 11.1 Å². The highest BCUT2D eigenvalue weighted by atomic mass is 16.1. The lowest BCUT2D eigenvalue weighted by Crippen LogP contribution is -2.23. The highest BCUT2D eigenvalue weighted by Gasteiger charge is 2.10. The summed E-state index contributed by atoms with van der Waals surface area (Å²) in [6.07, 6.45) is 1.91. The van der Waals surface area contributed by atoms with Crippen LogP contribution >= 0.6 is 0 Å². The van der Waals surface area contributed by atoms with E-state index < -0.39 is 0 Å². The third-order valence-electron chi connectivity index (χ3n) is 3.05. The van der Waals surface area contributed by atoms with Crippen molar-refractivity contribution in [2.45, 2.75) is 20.4 Å². The molecule has 19 heavy (non-hydrogen) atoms. The van der Waals surface area contributed by atoms with Crippen LogP contribution in [0.3, 0.4) is 0 Å². The van der Waals surface area contributed by atoms with Gasteiger partial charge in [0, 0.05) is 36.6 Å². The summed E-state index contributed by atoms with van der Waals surface area (Å²) in [6.45, 7) is 4.28. The molecule has 0 radical (unpaired) electrons. The van der Waals surface area contributed by atoms with Gasteiger partial charge < -0.3 is 11.1 Å². The fourth-order valence-corrected chi connectivity index (χ4v) is 2.03. The van der Waals surface area contributed by atoms with Crippen molar-refractivity contribution in [3.05, 3.63) is 46.8 Å². The first-order valence-electron chi connectivity index (χ1n) is 6.11. The van der Waals surface area contributed by atoms with Crippen molar-refractivity contribution in [3.8, 4) is 0 Å². The molecule has 1 aromatic carbocycles. The monoisotopic (exact) mass is 258 g/mol. The van der Waals surface area contributed by atoms with Crippen molar-refractivity contribution >= 4 is 11.6 Å². The van der Waals surface area contributed by atoms with Gasteiger partial charge in [-0.2, -0.15) is 5.10 Å². The van der Waals surface area contributed by atoms with Gasteiger partial charge in [-0.1, -0.05) is 0 Å². The maximum Gasteiger partial charge on any atom is 0.251 e. The fourth-order valence-electron chi connectivity index (χ4n) is 2.03. The number of nitrogens with one attached hydrogen (secondary N) is 1. The van der Waals surface area contributed by atoms with E-state index in [1.165, 1.54) is 0 Å². The Labute approximate surface area is 112 Å². The van der Waals surface area contributed by atoms with Crippen molar-refractivity contribution in [1.29, 1.82) is 0 Å². The number of anilines is 1. The van der Waals surface area contributed by atoms with Crippen molar-refractivity contribution in [2.75, 3.05) is 5.73 Å². The van der Waals surface area contributed by atoms with E-state index in [1.807, 2.05) is 27.1 Å². The lowest BCUT2D eigenvalue weighted by atomic mass is 10.1. The molecule has 0 aliphatic carbocycles. The van der Waals surface area contributed by atoms with Gasteiger partial charge in [0.05, 0.1) is 5.69 Å². The van der Waals surface area contributed by atoms with Crippen LogP contribution in [0.1, 0.15) is 27.2 Å². The van der Waals surface area contributed by atoms with Gasteiger partial charge in [0.15, 0.2) is 0 Å². The second kappa shape index (κ2) is 5.14. The van der Waals surface area contributed by atoms with Crippen molar-refractivity contribution in [1.82, 2.24) is 15.1 Å². The number of rotatable bonds is 3. The summed E-state index contributed by atoms with van der Waals surface area (Å²) in [5, 5.41) is 7.14. The predicted molar refractivity (Wildman–Crippen MR) is 74.7 cm³/mol. The van der Waals surface area contributed by atoms with Gasteiger partial charge in [-0.3, -0.25) is 9.48 Å². The number of aryl methyl sites for hydroxylation is 3. The molecule has 0 spiro atoms. The Morgan fingerprint density at radius 3 is 2.74 bits per heavy atom. The molecule has 0 unspecified atom stereocenters. The molecule has 0 saturated heterocycles. The molecule has 1 amide bonds. The van der Waals surface area contributed by atoms with E-state index in [1.54, 1.807) is 22.9 Å². The molecule has 0 bridgehead atoms. The summed E-state index contributed by atoms with van der Waals surface area (Å²) in [4.78, 5) is 12.1. The predicted octanol–water partition coefficient (Wildman–Crippen LogP) is 1.55. The highest BCUT2D eigenvalue weighted by molar-refractivity contribution is 5.95. The Morgan fingerprint density at radius 1 is 1.42 bits per heavy atom. The minimum atomic E-state index is -0.0965. The number of nitrogens with zero attached hydrogens (tertiary/aromatic N) is 2. The van der Waals surface area contributed by atoms with Crippen LogP contribution in [0.4, 0.5) is 5.69 Å². The number of carbonyl (C=O) groups is 1. The number of benzene rings is 1. The van der Waals surface area contributed by atoms with Crippen LogP contribution in [0.5, 0.6) is 0 Å². The van der Waals surface area contributed by atoms with Crippen LogP contribution in [-0.4, -0.2) is 15.7 Å². The van der Waals surface area contributed by atoms with E-state index in [0.717, 1.165) is 16.8 Å². The van der Waals surface area contributed by atoms with Gasteiger partial charge in [0.2, 0.25) is 0 Å². The first-order chi connectivity index (χ1) is 8.97. The Balaban J connectivity index is 2.07. The average Bonchev–Trinajstić information content (AvgIpc) is 2.65. The van der Waals surface area contributed by atoms with Crippen molar-refractivity contribution < 1.29 is 4.79 Å². The lowest BCUT2D eigenvalue weighted by molar-refractivity contribution is 0.0950. The van der Waals surface area contributed by atoms with Crippen LogP contribution in [0, 0.1) is 13.8 Å². The summed E-state index contributed by atoms with van der Waals surface area (Å²) >= 11 is 0. The molecule has 0 atom stereocenters. The topological polar surface area (TPSA) is 72.9 Å². The largest absolute Gasteiger partial charge is 0.399 e. The first kappa shape index (κ1) is 13.1. The molecular formula is C14H18N4O.